The summed E-state index contributed by atoms with van der Waals surface area (Å²) in [6, 6.07) is -1.19. The first-order chi connectivity index (χ1) is 7.93. The van der Waals surface area contributed by atoms with Crippen molar-refractivity contribution in [3.8, 4) is 0 Å². The van der Waals surface area contributed by atoms with Gasteiger partial charge in [-0.1, -0.05) is 0 Å². The zero-order valence-corrected chi connectivity index (χ0v) is 9.85. The highest BCUT2D eigenvalue weighted by Crippen LogP contribution is 2.28. The highest BCUT2D eigenvalue weighted by Gasteiger charge is 2.47. The molecule has 2 fully saturated rings. The normalized spacial score (nSPS) is 32.2. The van der Waals surface area contributed by atoms with Crippen LogP contribution in [-0.4, -0.2) is 54.3 Å². The fourth-order valence-corrected chi connectivity index (χ4v) is 4.17. The lowest BCUT2D eigenvalue weighted by Gasteiger charge is -2.31. The number of amides is 1. The Morgan fingerprint density at radius 2 is 2.12 bits per heavy atom. The molecule has 2 atom stereocenters. The van der Waals surface area contributed by atoms with Gasteiger partial charge in [-0.25, -0.2) is 18.0 Å². The molecule has 7 nitrogen and oxygen atoms in total. The van der Waals surface area contributed by atoms with Crippen molar-refractivity contribution in [1.82, 2.24) is 4.90 Å². The van der Waals surface area contributed by atoms with Gasteiger partial charge in [0.15, 0.2) is 15.9 Å². The molecule has 17 heavy (non-hydrogen) atoms. The van der Waals surface area contributed by atoms with Gasteiger partial charge in [0, 0.05) is 0 Å². The van der Waals surface area contributed by atoms with E-state index in [1.165, 1.54) is 0 Å². The van der Waals surface area contributed by atoms with E-state index in [0.29, 0.717) is 12.8 Å². The van der Waals surface area contributed by atoms with Gasteiger partial charge in [0.25, 0.3) is 0 Å². The highest BCUT2D eigenvalue weighted by molar-refractivity contribution is 7.92. The lowest BCUT2D eigenvalue weighted by Crippen LogP contribution is -2.51. The van der Waals surface area contributed by atoms with Crippen molar-refractivity contribution in [1.29, 1.82) is 0 Å². The predicted octanol–water partition coefficient (Wildman–Crippen LogP) is -0.183. The lowest BCUT2D eigenvalue weighted by atomic mass is 10.2. The van der Waals surface area contributed by atoms with Gasteiger partial charge >= 0.3 is 12.1 Å². The van der Waals surface area contributed by atoms with Gasteiger partial charge in [-0.3, -0.25) is 4.90 Å². The van der Waals surface area contributed by atoms with E-state index in [2.05, 4.69) is 4.74 Å². The molecule has 96 valence electrons. The summed E-state index contributed by atoms with van der Waals surface area (Å²) in [6.45, 7) is -0.291. The minimum absolute atomic E-state index is 0.00616. The quantitative estimate of drug-likeness (QED) is 0.741. The number of ether oxygens (including phenoxy) is 1. The molecule has 1 amide bonds. The van der Waals surface area contributed by atoms with Crippen LogP contribution in [0.5, 0.6) is 0 Å². The number of carbonyl (C=O) groups is 2. The molecule has 2 aliphatic rings. The lowest BCUT2D eigenvalue weighted by molar-refractivity contribution is -0.141. The summed E-state index contributed by atoms with van der Waals surface area (Å²) in [4.78, 5) is 23.3. The molecular formula is C9H13NO6S. The van der Waals surface area contributed by atoms with Crippen LogP contribution < -0.4 is 0 Å². The average molecular weight is 263 g/mol. The molecule has 0 saturated carbocycles. The van der Waals surface area contributed by atoms with E-state index in [1.807, 2.05) is 0 Å². The molecule has 0 spiro atoms. The Hall–Kier alpha value is -1.31. The number of carboxylic acid groups (broad SMARTS) is 1. The molecule has 0 aromatic rings. The first-order valence-electron chi connectivity index (χ1n) is 5.33. The molecule has 0 aromatic carbocycles. The van der Waals surface area contributed by atoms with Crippen molar-refractivity contribution in [3.05, 3.63) is 0 Å². The molecule has 2 unspecified atom stereocenters. The molecule has 2 saturated heterocycles. The van der Waals surface area contributed by atoms with Crippen molar-refractivity contribution in [2.45, 2.75) is 30.7 Å². The van der Waals surface area contributed by atoms with Crippen LogP contribution in [0.2, 0.25) is 0 Å². The molecule has 1 N–H and O–H groups in total. The third-order valence-corrected chi connectivity index (χ3v) is 5.20. The van der Waals surface area contributed by atoms with E-state index in [1.54, 1.807) is 0 Å². The Labute approximate surface area is 98.3 Å². The number of aliphatic carboxylic acids is 1. The zero-order valence-electron chi connectivity index (χ0n) is 9.03. The number of cyclic esters (lactones) is 1. The third-order valence-electron chi connectivity index (χ3n) is 3.05. The maximum atomic E-state index is 11.8. The molecule has 8 heteroatoms. The zero-order chi connectivity index (χ0) is 12.6. The summed E-state index contributed by atoms with van der Waals surface area (Å²) < 4.78 is 28.3. The summed E-state index contributed by atoms with van der Waals surface area (Å²) in [7, 11) is -3.44. The maximum Gasteiger partial charge on any atom is 0.411 e. The van der Waals surface area contributed by atoms with Crippen LogP contribution in [0, 0.1) is 0 Å². The standard InChI is InChI=1S/C9H13NO6S/c11-8(12)6-5-16-9(13)10(6)7-3-1-2-4-17(7,14)15/h6-7H,1-5H2,(H,11,12). The SMILES string of the molecule is O=C(O)C1COC(=O)N1C1CCCCS1(=O)=O. The molecule has 2 rings (SSSR count). The molecule has 0 aromatic heterocycles. The summed E-state index contributed by atoms with van der Waals surface area (Å²) in [5.41, 5.74) is 0. The minimum Gasteiger partial charge on any atom is -0.480 e. The number of hydrogen-bond acceptors (Lipinski definition) is 5. The summed E-state index contributed by atoms with van der Waals surface area (Å²) in [5.74, 6) is -1.25. The van der Waals surface area contributed by atoms with Crippen LogP contribution in [0.3, 0.4) is 0 Å². The third kappa shape index (κ3) is 2.08. The Bertz CT molecular complexity index is 444. The van der Waals surface area contributed by atoms with E-state index in [0.717, 1.165) is 4.90 Å². The summed E-state index contributed by atoms with van der Waals surface area (Å²) >= 11 is 0. The molecule has 0 aliphatic carbocycles. The van der Waals surface area contributed by atoms with Crippen LogP contribution in [0.25, 0.3) is 0 Å². The topological polar surface area (TPSA) is 101 Å². The van der Waals surface area contributed by atoms with E-state index >= 15 is 0 Å². The number of carboxylic acids is 1. The fraction of sp³-hybridized carbons (Fsp3) is 0.778. The number of hydrogen-bond donors (Lipinski definition) is 1. The maximum absolute atomic E-state index is 11.8. The molecule has 2 heterocycles. The molecular weight excluding hydrogens is 250 g/mol. The largest absolute Gasteiger partial charge is 0.480 e. The van der Waals surface area contributed by atoms with Gasteiger partial charge < -0.3 is 9.84 Å². The first kappa shape index (κ1) is 12.2. The number of carbonyl (C=O) groups excluding carboxylic acids is 1. The molecule has 0 bridgehead atoms. The second-order valence-electron chi connectivity index (χ2n) is 4.16. The van der Waals surface area contributed by atoms with Crippen LogP contribution in [0.4, 0.5) is 4.79 Å². The van der Waals surface area contributed by atoms with Crippen molar-refractivity contribution in [3.63, 3.8) is 0 Å². The van der Waals surface area contributed by atoms with Crippen molar-refractivity contribution in [2.24, 2.45) is 0 Å². The van der Waals surface area contributed by atoms with Crippen LogP contribution >= 0.6 is 0 Å². The summed E-state index contributed by atoms with van der Waals surface area (Å²) in [5, 5.41) is 7.88. The Kier molecular flexibility index (Phi) is 2.98. The second kappa shape index (κ2) is 4.17. The Balaban J connectivity index is 2.30. The van der Waals surface area contributed by atoms with Gasteiger partial charge in [-0.2, -0.15) is 0 Å². The fourth-order valence-electron chi connectivity index (χ4n) is 2.19. The number of rotatable bonds is 2. The van der Waals surface area contributed by atoms with Crippen LogP contribution in [0.1, 0.15) is 19.3 Å². The van der Waals surface area contributed by atoms with Gasteiger partial charge in [0.1, 0.15) is 12.0 Å². The number of nitrogens with zero attached hydrogens (tertiary/aromatic N) is 1. The smallest absolute Gasteiger partial charge is 0.411 e. The van der Waals surface area contributed by atoms with Crippen molar-refractivity contribution < 1.29 is 27.9 Å². The minimum atomic E-state index is -3.44. The Morgan fingerprint density at radius 3 is 2.71 bits per heavy atom. The summed E-state index contributed by atoms with van der Waals surface area (Å²) in [6.07, 6.45) is 0.647. The van der Waals surface area contributed by atoms with Gasteiger partial charge in [-0.15, -0.1) is 0 Å². The van der Waals surface area contributed by atoms with Gasteiger partial charge in [0.2, 0.25) is 0 Å². The van der Waals surface area contributed by atoms with E-state index < -0.39 is 33.3 Å². The molecule has 2 aliphatic heterocycles. The van der Waals surface area contributed by atoms with Crippen molar-refractivity contribution >= 4 is 21.9 Å². The second-order valence-corrected chi connectivity index (χ2v) is 6.43. The first-order valence-corrected chi connectivity index (χ1v) is 7.04. The monoisotopic (exact) mass is 263 g/mol. The van der Waals surface area contributed by atoms with Gasteiger partial charge in [-0.05, 0) is 19.3 Å². The molecule has 0 radical (unpaired) electrons. The average Bonchev–Trinajstić information content (AvgIpc) is 2.60. The number of sulfone groups is 1. The highest BCUT2D eigenvalue weighted by atomic mass is 32.2. The van der Waals surface area contributed by atoms with Crippen molar-refractivity contribution in [2.75, 3.05) is 12.4 Å². The Morgan fingerprint density at radius 1 is 1.41 bits per heavy atom. The van der Waals surface area contributed by atoms with E-state index in [4.69, 9.17) is 5.11 Å². The van der Waals surface area contributed by atoms with Crippen LogP contribution in [0.15, 0.2) is 0 Å². The predicted molar refractivity (Wildman–Crippen MR) is 56.0 cm³/mol. The van der Waals surface area contributed by atoms with Crippen LogP contribution in [-0.2, 0) is 19.4 Å². The van der Waals surface area contributed by atoms with Gasteiger partial charge in [0.05, 0.1) is 5.75 Å². The van der Waals surface area contributed by atoms with E-state index in [-0.39, 0.29) is 18.8 Å². The van der Waals surface area contributed by atoms with E-state index in [9.17, 15) is 18.0 Å².